The monoisotopic (exact) mass is 243 g/mol. The van der Waals surface area contributed by atoms with Crippen LogP contribution in [-0.4, -0.2) is 5.75 Å². The van der Waals surface area contributed by atoms with Crippen molar-refractivity contribution in [2.45, 2.75) is 24.7 Å². The van der Waals surface area contributed by atoms with E-state index in [0.29, 0.717) is 0 Å². The summed E-state index contributed by atoms with van der Waals surface area (Å²) in [6.45, 7) is 2.22. The Balaban J connectivity index is 2.46. The number of thioether (sulfide) groups is 1. The molecular formula is C10H12BrS. The molecule has 0 heterocycles. The van der Waals surface area contributed by atoms with Crippen molar-refractivity contribution < 1.29 is 0 Å². The van der Waals surface area contributed by atoms with Crippen LogP contribution < -0.4 is 0 Å². The van der Waals surface area contributed by atoms with Crippen LogP contribution in [0.3, 0.4) is 0 Å². The van der Waals surface area contributed by atoms with Gasteiger partial charge in [0.25, 0.3) is 0 Å². The largest absolute Gasteiger partial charge is 0.125 e. The lowest BCUT2D eigenvalue weighted by Crippen LogP contribution is -1.79. The third-order valence-corrected chi connectivity index (χ3v) is 3.59. The van der Waals surface area contributed by atoms with Crippen LogP contribution in [0.15, 0.2) is 27.6 Å². The fourth-order valence-corrected chi connectivity index (χ4v) is 2.46. The first-order valence-electron chi connectivity index (χ1n) is 4.13. The van der Waals surface area contributed by atoms with Gasteiger partial charge in [-0.05, 0) is 40.2 Å². The van der Waals surface area contributed by atoms with Crippen molar-refractivity contribution in [3.63, 3.8) is 0 Å². The van der Waals surface area contributed by atoms with E-state index in [4.69, 9.17) is 0 Å². The average molecular weight is 244 g/mol. The van der Waals surface area contributed by atoms with Crippen molar-refractivity contribution in [3.8, 4) is 0 Å². The third kappa shape index (κ3) is 3.20. The van der Waals surface area contributed by atoms with Crippen LogP contribution in [0.1, 0.15) is 19.8 Å². The molecule has 0 N–H and O–H groups in total. The number of hydrogen-bond acceptors (Lipinski definition) is 1. The first-order valence-corrected chi connectivity index (χ1v) is 5.91. The van der Waals surface area contributed by atoms with E-state index in [0.717, 1.165) is 4.47 Å². The topological polar surface area (TPSA) is 0 Å². The van der Waals surface area contributed by atoms with Crippen LogP contribution in [-0.2, 0) is 0 Å². The predicted octanol–water partition coefficient (Wildman–Crippen LogP) is 4.14. The molecule has 0 spiro atoms. The van der Waals surface area contributed by atoms with Crippen LogP contribution in [0.25, 0.3) is 0 Å². The molecule has 0 aromatic heterocycles. The Morgan fingerprint density at radius 1 is 1.58 bits per heavy atom. The van der Waals surface area contributed by atoms with E-state index in [1.807, 2.05) is 23.9 Å². The van der Waals surface area contributed by atoms with Crippen LogP contribution in [0, 0.1) is 6.07 Å². The standard InChI is InChI=1S/C10H12BrS/c1-2-3-8-12-10-7-5-4-6-9(10)11/h4-5,7H,2-3,8H2,1H3. The molecule has 1 aromatic carbocycles. The Morgan fingerprint density at radius 2 is 2.42 bits per heavy atom. The molecule has 65 valence electrons. The van der Waals surface area contributed by atoms with Gasteiger partial charge in [0, 0.05) is 9.37 Å². The van der Waals surface area contributed by atoms with Gasteiger partial charge in [0.1, 0.15) is 0 Å². The normalized spacial score (nSPS) is 10.2. The van der Waals surface area contributed by atoms with Crippen LogP contribution in [0.5, 0.6) is 0 Å². The van der Waals surface area contributed by atoms with Gasteiger partial charge < -0.3 is 0 Å². The van der Waals surface area contributed by atoms with E-state index in [1.165, 1.54) is 23.5 Å². The van der Waals surface area contributed by atoms with Gasteiger partial charge in [-0.2, -0.15) is 0 Å². The molecule has 0 bridgehead atoms. The van der Waals surface area contributed by atoms with E-state index in [2.05, 4.69) is 35.0 Å². The Labute approximate surface area is 86.9 Å². The van der Waals surface area contributed by atoms with E-state index < -0.39 is 0 Å². The Hall–Kier alpha value is 0.0500. The maximum Gasteiger partial charge on any atom is 0.0390 e. The molecule has 0 atom stereocenters. The van der Waals surface area contributed by atoms with Gasteiger partial charge in [0.05, 0.1) is 0 Å². The highest BCUT2D eigenvalue weighted by Gasteiger charge is 1.97. The summed E-state index contributed by atoms with van der Waals surface area (Å²) in [6, 6.07) is 9.20. The van der Waals surface area contributed by atoms with Crippen molar-refractivity contribution >= 4 is 27.7 Å². The molecule has 0 nitrogen and oxygen atoms in total. The molecule has 0 aliphatic heterocycles. The molecule has 0 amide bonds. The van der Waals surface area contributed by atoms with Gasteiger partial charge in [-0.25, -0.2) is 0 Å². The molecule has 0 saturated heterocycles. The van der Waals surface area contributed by atoms with Crippen LogP contribution in [0.2, 0.25) is 0 Å². The molecule has 12 heavy (non-hydrogen) atoms. The van der Waals surface area contributed by atoms with E-state index in [1.54, 1.807) is 0 Å². The lowest BCUT2D eigenvalue weighted by atomic mass is 10.4. The smallest absolute Gasteiger partial charge is 0.0390 e. The number of rotatable bonds is 4. The Bertz CT molecular complexity index is 235. The van der Waals surface area contributed by atoms with Crippen LogP contribution >= 0.6 is 27.7 Å². The summed E-state index contributed by atoms with van der Waals surface area (Å²) in [5, 5.41) is 0. The highest BCUT2D eigenvalue weighted by Crippen LogP contribution is 2.26. The van der Waals surface area contributed by atoms with Gasteiger partial charge in [0.15, 0.2) is 0 Å². The molecule has 0 fully saturated rings. The molecule has 0 aliphatic rings. The van der Waals surface area contributed by atoms with E-state index in [-0.39, 0.29) is 0 Å². The lowest BCUT2D eigenvalue weighted by molar-refractivity contribution is 0.896. The van der Waals surface area contributed by atoms with E-state index >= 15 is 0 Å². The maximum atomic E-state index is 3.47. The quantitative estimate of drug-likeness (QED) is 0.566. The zero-order valence-corrected chi connectivity index (χ0v) is 9.54. The second-order valence-electron chi connectivity index (χ2n) is 2.55. The number of hydrogen-bond donors (Lipinski definition) is 0. The molecule has 1 rings (SSSR count). The first-order chi connectivity index (χ1) is 5.84. The van der Waals surface area contributed by atoms with Crippen molar-refractivity contribution in [1.29, 1.82) is 0 Å². The minimum absolute atomic E-state index is 1.09. The van der Waals surface area contributed by atoms with Gasteiger partial charge in [-0.1, -0.05) is 25.5 Å². The second-order valence-corrected chi connectivity index (χ2v) is 4.48. The molecule has 2 heteroatoms. The second kappa shape index (κ2) is 5.65. The van der Waals surface area contributed by atoms with Crippen molar-refractivity contribution in [1.82, 2.24) is 0 Å². The lowest BCUT2D eigenvalue weighted by Gasteiger charge is -2.01. The average Bonchev–Trinajstić information content (AvgIpc) is 2.09. The Kier molecular flexibility index (Phi) is 4.77. The molecule has 1 radical (unpaired) electrons. The summed E-state index contributed by atoms with van der Waals surface area (Å²) in [7, 11) is 0. The van der Waals surface area contributed by atoms with Crippen molar-refractivity contribution in [2.75, 3.05) is 5.75 Å². The summed E-state index contributed by atoms with van der Waals surface area (Å²) in [6.07, 6.45) is 2.55. The van der Waals surface area contributed by atoms with Crippen molar-refractivity contribution in [2.24, 2.45) is 0 Å². The summed E-state index contributed by atoms with van der Waals surface area (Å²) >= 11 is 5.37. The summed E-state index contributed by atoms with van der Waals surface area (Å²) in [5.74, 6) is 1.20. The highest BCUT2D eigenvalue weighted by atomic mass is 79.9. The zero-order chi connectivity index (χ0) is 8.81. The fraction of sp³-hybridized carbons (Fsp3) is 0.400. The zero-order valence-electron chi connectivity index (χ0n) is 7.14. The fourth-order valence-electron chi connectivity index (χ4n) is 0.839. The number of halogens is 1. The third-order valence-electron chi connectivity index (χ3n) is 1.53. The van der Waals surface area contributed by atoms with Gasteiger partial charge >= 0.3 is 0 Å². The van der Waals surface area contributed by atoms with Gasteiger partial charge in [0.2, 0.25) is 0 Å². The molecule has 0 saturated carbocycles. The number of unbranched alkanes of at least 4 members (excludes halogenated alkanes) is 1. The highest BCUT2D eigenvalue weighted by molar-refractivity contribution is 9.10. The van der Waals surface area contributed by atoms with Crippen molar-refractivity contribution in [3.05, 3.63) is 28.7 Å². The Morgan fingerprint density at radius 3 is 3.08 bits per heavy atom. The van der Waals surface area contributed by atoms with Gasteiger partial charge in [-0.15, -0.1) is 11.8 Å². The molecule has 0 unspecified atom stereocenters. The summed E-state index contributed by atoms with van der Waals surface area (Å²) in [5.41, 5.74) is 0. The minimum atomic E-state index is 1.09. The van der Waals surface area contributed by atoms with Gasteiger partial charge in [-0.3, -0.25) is 0 Å². The molecule has 0 aliphatic carbocycles. The summed E-state index contributed by atoms with van der Waals surface area (Å²) < 4.78 is 1.09. The van der Waals surface area contributed by atoms with E-state index in [9.17, 15) is 0 Å². The molecule has 1 aromatic rings. The van der Waals surface area contributed by atoms with Crippen LogP contribution in [0.4, 0.5) is 0 Å². The maximum absolute atomic E-state index is 3.47. The minimum Gasteiger partial charge on any atom is -0.125 e. The molecular weight excluding hydrogens is 232 g/mol. The predicted molar refractivity (Wildman–Crippen MR) is 58.6 cm³/mol. The first kappa shape index (κ1) is 10.1. The summed E-state index contributed by atoms with van der Waals surface area (Å²) in [4.78, 5) is 1.30. The SMILES string of the molecule is CCCCSc1ccc[c]c1Br. The number of benzene rings is 1.